The minimum atomic E-state index is -0.182. The van der Waals surface area contributed by atoms with Crippen molar-refractivity contribution in [3.63, 3.8) is 0 Å². The number of benzene rings is 1. The fraction of sp³-hybridized carbons (Fsp3) is 0.333. The van der Waals surface area contributed by atoms with E-state index in [1.807, 2.05) is 44.3 Å². The molecule has 122 valence electrons. The van der Waals surface area contributed by atoms with Crippen LogP contribution in [0.25, 0.3) is 0 Å². The minimum absolute atomic E-state index is 0.00986. The van der Waals surface area contributed by atoms with Gasteiger partial charge in [-0.1, -0.05) is 37.3 Å². The van der Waals surface area contributed by atoms with Crippen LogP contribution in [0.1, 0.15) is 31.0 Å². The average Bonchev–Trinajstić information content (AvgIpc) is 2.55. The number of ether oxygens (including phenoxy) is 1. The van der Waals surface area contributed by atoms with Gasteiger partial charge in [-0.2, -0.15) is 0 Å². The van der Waals surface area contributed by atoms with Gasteiger partial charge in [0.25, 0.3) is 0 Å². The van der Waals surface area contributed by atoms with E-state index in [1.54, 1.807) is 10.8 Å². The van der Waals surface area contributed by atoms with E-state index in [0.717, 1.165) is 17.7 Å². The third-order valence-corrected chi connectivity index (χ3v) is 3.49. The lowest BCUT2D eigenvalue weighted by molar-refractivity contribution is -0.121. The highest BCUT2D eigenvalue weighted by molar-refractivity contribution is 5.75. The van der Waals surface area contributed by atoms with E-state index in [-0.39, 0.29) is 11.3 Å². The van der Waals surface area contributed by atoms with E-state index in [0.29, 0.717) is 25.3 Å². The van der Waals surface area contributed by atoms with Crippen LogP contribution in [0.15, 0.2) is 47.4 Å². The normalized spacial score (nSPS) is 10.3. The first kappa shape index (κ1) is 16.8. The highest BCUT2D eigenvalue weighted by Gasteiger charge is 2.07. The van der Waals surface area contributed by atoms with Gasteiger partial charge in [0.1, 0.15) is 6.61 Å². The molecule has 0 fully saturated rings. The zero-order valence-corrected chi connectivity index (χ0v) is 13.5. The summed E-state index contributed by atoms with van der Waals surface area (Å²) in [5.74, 6) is 0.296. The van der Waals surface area contributed by atoms with Crippen molar-refractivity contribution in [2.24, 2.45) is 7.05 Å². The molecule has 2 rings (SSSR count). The molecular weight excluding hydrogens is 292 g/mol. The van der Waals surface area contributed by atoms with Crippen LogP contribution in [-0.2, 0) is 25.0 Å². The van der Waals surface area contributed by atoms with Crippen molar-refractivity contribution in [2.45, 2.75) is 32.9 Å². The summed E-state index contributed by atoms with van der Waals surface area (Å²) in [4.78, 5) is 23.6. The Balaban J connectivity index is 2.02. The number of pyridine rings is 1. The van der Waals surface area contributed by atoms with Gasteiger partial charge in [-0.15, -0.1) is 0 Å². The standard InChI is InChI=1S/C18H22N2O3/c1-3-7-18(22)19-11-15-10-16(21)17(12-20(15)2)23-13-14-8-5-4-6-9-14/h4-6,8-10,12H,3,7,11,13H2,1-2H3,(H,19,22). The third-order valence-electron chi connectivity index (χ3n) is 3.49. The molecule has 0 aliphatic heterocycles. The lowest BCUT2D eigenvalue weighted by Crippen LogP contribution is -2.25. The highest BCUT2D eigenvalue weighted by atomic mass is 16.5. The van der Waals surface area contributed by atoms with E-state index in [9.17, 15) is 9.59 Å². The number of nitrogens with one attached hydrogen (secondary N) is 1. The van der Waals surface area contributed by atoms with Gasteiger partial charge >= 0.3 is 0 Å². The van der Waals surface area contributed by atoms with Crippen molar-refractivity contribution in [1.82, 2.24) is 9.88 Å². The Morgan fingerprint density at radius 1 is 1.26 bits per heavy atom. The molecule has 1 N–H and O–H groups in total. The maximum absolute atomic E-state index is 12.1. The number of rotatable bonds is 7. The molecule has 1 aromatic heterocycles. The molecular formula is C18H22N2O3. The van der Waals surface area contributed by atoms with Crippen LogP contribution in [0.3, 0.4) is 0 Å². The summed E-state index contributed by atoms with van der Waals surface area (Å²) in [6.45, 7) is 2.64. The van der Waals surface area contributed by atoms with E-state index in [1.165, 1.54) is 6.07 Å². The van der Waals surface area contributed by atoms with Crippen LogP contribution in [0.4, 0.5) is 0 Å². The molecule has 5 heteroatoms. The van der Waals surface area contributed by atoms with Gasteiger partial charge < -0.3 is 14.6 Å². The Labute approximate surface area is 135 Å². The molecule has 1 aromatic carbocycles. The summed E-state index contributed by atoms with van der Waals surface area (Å²) in [7, 11) is 1.83. The molecule has 0 aliphatic rings. The number of aryl methyl sites for hydroxylation is 1. The van der Waals surface area contributed by atoms with Crippen molar-refractivity contribution in [3.05, 3.63) is 64.1 Å². The van der Waals surface area contributed by atoms with Crippen LogP contribution in [0.2, 0.25) is 0 Å². The van der Waals surface area contributed by atoms with Crippen LogP contribution in [-0.4, -0.2) is 10.5 Å². The molecule has 0 spiro atoms. The number of carbonyl (C=O) groups excluding carboxylic acids is 1. The fourth-order valence-electron chi connectivity index (χ4n) is 2.17. The van der Waals surface area contributed by atoms with Gasteiger partial charge in [0.2, 0.25) is 11.3 Å². The van der Waals surface area contributed by atoms with Gasteiger partial charge in [0.15, 0.2) is 5.75 Å². The number of hydrogen-bond donors (Lipinski definition) is 1. The van der Waals surface area contributed by atoms with Gasteiger partial charge in [-0.25, -0.2) is 0 Å². The summed E-state index contributed by atoms with van der Waals surface area (Å²) in [6.07, 6.45) is 2.95. The van der Waals surface area contributed by atoms with Crippen LogP contribution >= 0.6 is 0 Å². The van der Waals surface area contributed by atoms with Crippen molar-refractivity contribution < 1.29 is 9.53 Å². The van der Waals surface area contributed by atoms with Crippen LogP contribution < -0.4 is 15.5 Å². The molecule has 0 bridgehead atoms. The van der Waals surface area contributed by atoms with E-state index >= 15 is 0 Å². The topological polar surface area (TPSA) is 60.3 Å². The summed E-state index contributed by atoms with van der Waals surface area (Å²) in [5.41, 5.74) is 1.57. The summed E-state index contributed by atoms with van der Waals surface area (Å²) < 4.78 is 7.40. The van der Waals surface area contributed by atoms with Gasteiger partial charge in [0, 0.05) is 25.2 Å². The van der Waals surface area contributed by atoms with Crippen molar-refractivity contribution >= 4 is 5.91 Å². The van der Waals surface area contributed by atoms with Crippen LogP contribution in [0.5, 0.6) is 5.75 Å². The molecule has 5 nitrogen and oxygen atoms in total. The molecule has 1 heterocycles. The average molecular weight is 314 g/mol. The predicted molar refractivity (Wildman–Crippen MR) is 89.2 cm³/mol. The Hall–Kier alpha value is -2.56. The molecule has 0 saturated carbocycles. The summed E-state index contributed by atoms with van der Waals surface area (Å²) in [5, 5.41) is 2.81. The SMILES string of the molecule is CCCC(=O)NCc1cc(=O)c(OCc2ccccc2)cn1C. The van der Waals surface area contributed by atoms with Gasteiger partial charge in [-0.3, -0.25) is 9.59 Å². The molecule has 0 radical (unpaired) electrons. The Morgan fingerprint density at radius 2 is 2.00 bits per heavy atom. The first-order valence-electron chi connectivity index (χ1n) is 7.73. The fourth-order valence-corrected chi connectivity index (χ4v) is 2.17. The Bertz CT molecular complexity index is 708. The van der Waals surface area contributed by atoms with E-state index in [4.69, 9.17) is 4.74 Å². The minimum Gasteiger partial charge on any atom is -0.483 e. The zero-order chi connectivity index (χ0) is 16.7. The number of hydrogen-bond acceptors (Lipinski definition) is 3. The van der Waals surface area contributed by atoms with E-state index < -0.39 is 0 Å². The maximum Gasteiger partial charge on any atom is 0.223 e. The lowest BCUT2D eigenvalue weighted by Gasteiger charge is -2.12. The van der Waals surface area contributed by atoms with Crippen molar-refractivity contribution in [3.8, 4) is 5.75 Å². The molecule has 1 amide bonds. The Kier molecular flexibility index (Phi) is 5.97. The molecule has 0 aliphatic carbocycles. The first-order valence-corrected chi connectivity index (χ1v) is 7.73. The quantitative estimate of drug-likeness (QED) is 0.853. The largest absolute Gasteiger partial charge is 0.483 e. The van der Waals surface area contributed by atoms with Gasteiger partial charge in [-0.05, 0) is 12.0 Å². The second kappa shape index (κ2) is 8.17. The van der Waals surface area contributed by atoms with Crippen molar-refractivity contribution in [2.75, 3.05) is 0 Å². The monoisotopic (exact) mass is 314 g/mol. The maximum atomic E-state index is 12.1. The molecule has 0 saturated heterocycles. The lowest BCUT2D eigenvalue weighted by atomic mass is 10.2. The van der Waals surface area contributed by atoms with E-state index in [2.05, 4.69) is 5.32 Å². The van der Waals surface area contributed by atoms with Gasteiger partial charge in [0.05, 0.1) is 12.7 Å². The second-order valence-electron chi connectivity index (χ2n) is 5.41. The first-order chi connectivity index (χ1) is 11.1. The highest BCUT2D eigenvalue weighted by Crippen LogP contribution is 2.09. The zero-order valence-electron chi connectivity index (χ0n) is 13.5. The molecule has 23 heavy (non-hydrogen) atoms. The number of aromatic nitrogens is 1. The molecule has 0 unspecified atom stereocenters. The summed E-state index contributed by atoms with van der Waals surface area (Å²) >= 11 is 0. The predicted octanol–water partition coefficient (Wildman–Crippen LogP) is 2.38. The number of amides is 1. The van der Waals surface area contributed by atoms with Crippen molar-refractivity contribution in [1.29, 1.82) is 0 Å². The smallest absolute Gasteiger partial charge is 0.223 e. The van der Waals surface area contributed by atoms with Crippen LogP contribution in [0, 0.1) is 0 Å². The molecule has 0 atom stereocenters. The number of nitrogens with zero attached hydrogens (tertiary/aromatic N) is 1. The summed E-state index contributed by atoms with van der Waals surface area (Å²) in [6, 6.07) is 11.2. The molecule has 2 aromatic rings. The second-order valence-corrected chi connectivity index (χ2v) is 5.41. The Morgan fingerprint density at radius 3 is 2.70 bits per heavy atom. The third kappa shape index (κ3) is 4.98. The number of carbonyl (C=O) groups is 1.